The average Bonchev–Trinajstić information content (AvgIpc) is 2.77. The summed E-state index contributed by atoms with van der Waals surface area (Å²) >= 11 is 0. The predicted molar refractivity (Wildman–Crippen MR) is 70.7 cm³/mol. The van der Waals surface area contributed by atoms with E-state index in [1.165, 1.54) is 12.1 Å². The highest BCUT2D eigenvalue weighted by Gasteiger charge is 2.12. The lowest BCUT2D eigenvalue weighted by Gasteiger charge is -1.99. The Hall–Kier alpha value is -2.49. The molecule has 0 radical (unpaired) electrons. The van der Waals surface area contributed by atoms with E-state index in [0.717, 1.165) is 23.2 Å². The van der Waals surface area contributed by atoms with E-state index < -0.39 is 0 Å². The summed E-state index contributed by atoms with van der Waals surface area (Å²) in [6, 6.07) is 9.71. The summed E-state index contributed by atoms with van der Waals surface area (Å²) in [4.78, 5) is 15.5. The van der Waals surface area contributed by atoms with Gasteiger partial charge in [0.15, 0.2) is 6.29 Å². The molecule has 0 bridgehead atoms. The molecule has 4 heteroatoms. The van der Waals surface area contributed by atoms with Crippen LogP contribution in [-0.2, 0) is 0 Å². The van der Waals surface area contributed by atoms with Crippen molar-refractivity contribution in [3.8, 4) is 11.3 Å². The van der Waals surface area contributed by atoms with Gasteiger partial charge in [-0.25, -0.2) is 9.37 Å². The van der Waals surface area contributed by atoms with E-state index in [4.69, 9.17) is 0 Å². The van der Waals surface area contributed by atoms with Crippen molar-refractivity contribution >= 4 is 11.9 Å². The first-order valence-corrected chi connectivity index (χ1v) is 5.89. The smallest absolute Gasteiger partial charge is 0.153 e. The third-order valence-corrected chi connectivity index (χ3v) is 3.16. The van der Waals surface area contributed by atoms with Crippen LogP contribution in [0.25, 0.3) is 16.9 Å². The van der Waals surface area contributed by atoms with Crippen LogP contribution in [0, 0.1) is 12.7 Å². The highest BCUT2D eigenvalue weighted by molar-refractivity contribution is 5.85. The van der Waals surface area contributed by atoms with Crippen molar-refractivity contribution in [1.29, 1.82) is 0 Å². The van der Waals surface area contributed by atoms with Gasteiger partial charge < -0.3 is 4.40 Å². The van der Waals surface area contributed by atoms with Crippen LogP contribution in [0.15, 0.2) is 42.6 Å². The summed E-state index contributed by atoms with van der Waals surface area (Å²) in [5, 5.41) is 0. The Morgan fingerprint density at radius 2 is 1.95 bits per heavy atom. The van der Waals surface area contributed by atoms with Gasteiger partial charge in [0.2, 0.25) is 0 Å². The third-order valence-electron chi connectivity index (χ3n) is 3.16. The van der Waals surface area contributed by atoms with Gasteiger partial charge in [-0.15, -0.1) is 0 Å². The number of pyridine rings is 1. The van der Waals surface area contributed by atoms with Crippen molar-refractivity contribution in [2.24, 2.45) is 0 Å². The largest absolute Gasteiger partial charge is 0.303 e. The van der Waals surface area contributed by atoms with Crippen molar-refractivity contribution in [3.63, 3.8) is 0 Å². The van der Waals surface area contributed by atoms with Gasteiger partial charge in [-0.1, -0.05) is 0 Å². The Morgan fingerprint density at radius 3 is 2.63 bits per heavy atom. The van der Waals surface area contributed by atoms with Crippen LogP contribution in [-0.4, -0.2) is 15.7 Å². The number of benzene rings is 1. The van der Waals surface area contributed by atoms with Gasteiger partial charge in [-0.3, -0.25) is 4.79 Å². The second kappa shape index (κ2) is 4.31. The molecule has 0 saturated heterocycles. The number of hydrogen-bond donors (Lipinski definition) is 0. The zero-order valence-corrected chi connectivity index (χ0v) is 10.3. The number of nitrogens with zero attached hydrogens (tertiary/aromatic N) is 2. The minimum Gasteiger partial charge on any atom is -0.303 e. The second-order valence-electron chi connectivity index (χ2n) is 4.33. The quantitative estimate of drug-likeness (QED) is 0.658. The maximum absolute atomic E-state index is 13.0. The Balaban J connectivity index is 2.28. The molecule has 0 amide bonds. The lowest BCUT2D eigenvalue weighted by atomic mass is 10.1. The minimum absolute atomic E-state index is 0.279. The Labute approximate surface area is 109 Å². The molecular formula is C15H11FN2O. The summed E-state index contributed by atoms with van der Waals surface area (Å²) in [7, 11) is 0. The zero-order chi connectivity index (χ0) is 13.4. The fourth-order valence-corrected chi connectivity index (χ4v) is 2.18. The maximum Gasteiger partial charge on any atom is 0.153 e. The van der Waals surface area contributed by atoms with Crippen LogP contribution < -0.4 is 0 Å². The number of rotatable bonds is 2. The van der Waals surface area contributed by atoms with E-state index in [0.29, 0.717) is 11.2 Å². The van der Waals surface area contributed by atoms with Crippen LogP contribution >= 0.6 is 0 Å². The molecule has 3 nitrogen and oxygen atoms in total. The van der Waals surface area contributed by atoms with Crippen LogP contribution in [0.2, 0.25) is 0 Å². The molecule has 3 aromatic rings. The molecule has 0 spiro atoms. The van der Waals surface area contributed by atoms with Crippen LogP contribution in [0.4, 0.5) is 4.39 Å². The van der Waals surface area contributed by atoms with Gasteiger partial charge in [0.25, 0.3) is 0 Å². The van der Waals surface area contributed by atoms with E-state index in [2.05, 4.69) is 4.98 Å². The van der Waals surface area contributed by atoms with Crippen LogP contribution in [0.3, 0.4) is 0 Å². The number of carbonyl (C=O) groups excluding carboxylic acids is 1. The molecular weight excluding hydrogens is 243 g/mol. The Kier molecular flexibility index (Phi) is 2.63. The van der Waals surface area contributed by atoms with E-state index in [-0.39, 0.29) is 5.82 Å². The first kappa shape index (κ1) is 11.6. The second-order valence-corrected chi connectivity index (χ2v) is 4.33. The summed E-state index contributed by atoms with van der Waals surface area (Å²) in [5.74, 6) is -0.279. The predicted octanol–water partition coefficient (Wildman–Crippen LogP) is 3.26. The molecule has 0 unspecified atom stereocenters. The molecule has 94 valence electrons. The summed E-state index contributed by atoms with van der Waals surface area (Å²) in [6.07, 6.45) is 2.65. The van der Waals surface area contributed by atoms with E-state index in [1.807, 2.05) is 17.5 Å². The topological polar surface area (TPSA) is 34.4 Å². The molecule has 19 heavy (non-hydrogen) atoms. The highest BCUT2D eigenvalue weighted by Crippen LogP contribution is 2.24. The third kappa shape index (κ3) is 1.81. The molecule has 0 fully saturated rings. The Morgan fingerprint density at radius 1 is 1.21 bits per heavy atom. The number of halogens is 1. The summed E-state index contributed by atoms with van der Waals surface area (Å²) in [6.45, 7) is 1.92. The molecule has 0 saturated carbocycles. The zero-order valence-electron chi connectivity index (χ0n) is 10.3. The van der Waals surface area contributed by atoms with Crippen LogP contribution in [0.5, 0.6) is 0 Å². The molecule has 3 rings (SSSR count). The van der Waals surface area contributed by atoms with E-state index in [1.54, 1.807) is 24.3 Å². The lowest BCUT2D eigenvalue weighted by Crippen LogP contribution is -1.91. The van der Waals surface area contributed by atoms with E-state index in [9.17, 15) is 9.18 Å². The lowest BCUT2D eigenvalue weighted by molar-refractivity contribution is 0.112. The Bertz CT molecular complexity index is 760. The van der Waals surface area contributed by atoms with Crippen molar-refractivity contribution in [3.05, 3.63) is 59.7 Å². The SMILES string of the molecule is Cc1c(-c2ccc(F)cc2)nc2c(C=O)cccn12. The summed E-state index contributed by atoms with van der Waals surface area (Å²) < 4.78 is 14.8. The van der Waals surface area contributed by atoms with Crippen LogP contribution in [0.1, 0.15) is 16.1 Å². The highest BCUT2D eigenvalue weighted by atomic mass is 19.1. The molecule has 2 aromatic heterocycles. The number of aldehydes is 1. The number of fused-ring (bicyclic) bond motifs is 1. The number of carbonyl (C=O) groups is 1. The van der Waals surface area contributed by atoms with Gasteiger partial charge in [0, 0.05) is 17.5 Å². The number of hydrogen-bond acceptors (Lipinski definition) is 2. The van der Waals surface area contributed by atoms with Gasteiger partial charge in [0.05, 0.1) is 11.3 Å². The molecule has 0 aliphatic carbocycles. The molecule has 0 aliphatic heterocycles. The van der Waals surface area contributed by atoms with Gasteiger partial charge in [0.1, 0.15) is 11.5 Å². The monoisotopic (exact) mass is 254 g/mol. The molecule has 0 atom stereocenters. The fraction of sp³-hybridized carbons (Fsp3) is 0.0667. The van der Waals surface area contributed by atoms with Gasteiger partial charge in [-0.05, 0) is 43.3 Å². The summed E-state index contributed by atoms with van der Waals surface area (Å²) in [5.41, 5.74) is 3.67. The maximum atomic E-state index is 13.0. The van der Waals surface area contributed by atoms with Crippen molar-refractivity contribution in [1.82, 2.24) is 9.38 Å². The van der Waals surface area contributed by atoms with Gasteiger partial charge >= 0.3 is 0 Å². The number of imidazole rings is 1. The molecule has 1 aromatic carbocycles. The van der Waals surface area contributed by atoms with E-state index >= 15 is 0 Å². The number of aryl methyl sites for hydroxylation is 1. The number of aromatic nitrogens is 2. The first-order chi connectivity index (χ1) is 9.20. The average molecular weight is 254 g/mol. The van der Waals surface area contributed by atoms with Crippen molar-refractivity contribution < 1.29 is 9.18 Å². The minimum atomic E-state index is -0.279. The molecule has 2 heterocycles. The molecule has 0 aliphatic rings. The normalized spacial score (nSPS) is 10.8. The van der Waals surface area contributed by atoms with Crippen molar-refractivity contribution in [2.75, 3.05) is 0 Å². The van der Waals surface area contributed by atoms with Gasteiger partial charge in [-0.2, -0.15) is 0 Å². The van der Waals surface area contributed by atoms with Crippen molar-refractivity contribution in [2.45, 2.75) is 6.92 Å². The standard InChI is InChI=1S/C15H11FN2O/c1-10-14(11-4-6-13(16)7-5-11)17-15-12(9-19)3-2-8-18(10)15/h2-9H,1H3. The first-order valence-electron chi connectivity index (χ1n) is 5.89. The molecule has 0 N–H and O–H groups in total. The fourth-order valence-electron chi connectivity index (χ4n) is 2.18.